The van der Waals surface area contributed by atoms with E-state index in [9.17, 15) is 5.11 Å². The summed E-state index contributed by atoms with van der Waals surface area (Å²) in [4.78, 5) is 4.56. The monoisotopic (exact) mass is 321 g/mol. The maximum atomic E-state index is 9.52. The first-order valence-electron chi connectivity index (χ1n) is 5.84. The third-order valence-corrected chi connectivity index (χ3v) is 4.54. The van der Waals surface area contributed by atoms with E-state index in [0.29, 0.717) is 10.0 Å². The summed E-state index contributed by atoms with van der Waals surface area (Å²) in [5.41, 5.74) is 2.46. The van der Waals surface area contributed by atoms with Crippen LogP contribution in [0.2, 0.25) is 10.0 Å². The Morgan fingerprint density at radius 1 is 1.05 bits per heavy atom. The highest BCUT2D eigenvalue weighted by atomic mass is 35.5. The SMILES string of the molecule is Oc1cccc(-c2nc(-c3cccc(Cl)c3Cl)cs2)c1. The van der Waals surface area contributed by atoms with Gasteiger partial charge >= 0.3 is 0 Å². The van der Waals surface area contributed by atoms with Crippen molar-refractivity contribution >= 4 is 34.5 Å². The molecule has 0 saturated carbocycles. The molecular weight excluding hydrogens is 313 g/mol. The van der Waals surface area contributed by atoms with Gasteiger partial charge in [0.1, 0.15) is 10.8 Å². The van der Waals surface area contributed by atoms with Gasteiger partial charge in [-0.05, 0) is 18.2 Å². The molecule has 1 aromatic heterocycles. The quantitative estimate of drug-likeness (QED) is 0.677. The summed E-state index contributed by atoms with van der Waals surface area (Å²) in [7, 11) is 0. The van der Waals surface area contributed by atoms with Gasteiger partial charge in [0.25, 0.3) is 0 Å². The summed E-state index contributed by atoms with van der Waals surface area (Å²) in [5, 5.41) is 13.3. The van der Waals surface area contributed by atoms with Crippen molar-refractivity contribution in [2.24, 2.45) is 0 Å². The Kier molecular flexibility index (Phi) is 3.66. The number of rotatable bonds is 2. The van der Waals surface area contributed by atoms with Gasteiger partial charge in [-0.15, -0.1) is 11.3 Å². The molecule has 0 atom stereocenters. The smallest absolute Gasteiger partial charge is 0.124 e. The number of nitrogens with zero attached hydrogens (tertiary/aromatic N) is 1. The van der Waals surface area contributed by atoms with Gasteiger partial charge in [-0.2, -0.15) is 0 Å². The van der Waals surface area contributed by atoms with Crippen molar-refractivity contribution in [1.82, 2.24) is 4.98 Å². The van der Waals surface area contributed by atoms with Gasteiger partial charge < -0.3 is 5.11 Å². The molecule has 0 unspecified atom stereocenters. The first kappa shape index (κ1) is 13.4. The molecule has 0 saturated heterocycles. The molecule has 0 radical (unpaired) electrons. The zero-order chi connectivity index (χ0) is 14.1. The van der Waals surface area contributed by atoms with Crippen LogP contribution < -0.4 is 0 Å². The average Bonchev–Trinajstić information content (AvgIpc) is 2.91. The number of hydrogen-bond donors (Lipinski definition) is 1. The molecule has 0 amide bonds. The lowest BCUT2D eigenvalue weighted by Crippen LogP contribution is -1.82. The van der Waals surface area contributed by atoms with E-state index in [-0.39, 0.29) is 5.75 Å². The van der Waals surface area contributed by atoms with Crippen molar-refractivity contribution in [3.05, 3.63) is 57.9 Å². The molecule has 3 rings (SSSR count). The van der Waals surface area contributed by atoms with E-state index in [1.165, 1.54) is 11.3 Å². The summed E-state index contributed by atoms with van der Waals surface area (Å²) in [6.45, 7) is 0. The van der Waals surface area contributed by atoms with Crippen molar-refractivity contribution in [3.8, 4) is 27.6 Å². The Labute approximate surface area is 130 Å². The number of hydrogen-bond acceptors (Lipinski definition) is 3. The fourth-order valence-corrected chi connectivity index (χ4v) is 3.08. The Morgan fingerprint density at radius 2 is 1.85 bits per heavy atom. The van der Waals surface area contributed by atoms with E-state index in [0.717, 1.165) is 21.8 Å². The summed E-state index contributed by atoms with van der Waals surface area (Å²) in [5.74, 6) is 0.222. The standard InChI is InChI=1S/C15H9Cl2NOS/c16-12-6-2-5-11(14(12)17)13-8-20-15(18-13)9-3-1-4-10(19)7-9/h1-8,19H. The molecular formula is C15H9Cl2NOS. The number of benzene rings is 2. The molecule has 5 heteroatoms. The second-order valence-corrected chi connectivity index (χ2v) is 5.83. The van der Waals surface area contributed by atoms with Gasteiger partial charge in [0, 0.05) is 16.5 Å². The lowest BCUT2D eigenvalue weighted by molar-refractivity contribution is 0.475. The van der Waals surface area contributed by atoms with Gasteiger partial charge in [0.05, 0.1) is 15.7 Å². The van der Waals surface area contributed by atoms with Crippen LogP contribution in [0.4, 0.5) is 0 Å². The number of phenolic OH excluding ortho intramolecular Hbond substituents is 1. The Bertz CT molecular complexity index is 770. The highest BCUT2D eigenvalue weighted by Gasteiger charge is 2.11. The van der Waals surface area contributed by atoms with E-state index in [1.54, 1.807) is 24.3 Å². The van der Waals surface area contributed by atoms with Crippen molar-refractivity contribution in [3.63, 3.8) is 0 Å². The first-order valence-corrected chi connectivity index (χ1v) is 7.48. The fourth-order valence-electron chi connectivity index (χ4n) is 1.87. The Hall–Kier alpha value is -1.55. The fraction of sp³-hybridized carbons (Fsp3) is 0. The second-order valence-electron chi connectivity index (χ2n) is 4.19. The summed E-state index contributed by atoms with van der Waals surface area (Å²) < 4.78 is 0. The zero-order valence-corrected chi connectivity index (χ0v) is 12.5. The van der Waals surface area contributed by atoms with Crippen LogP contribution in [0, 0.1) is 0 Å². The van der Waals surface area contributed by atoms with Crippen LogP contribution in [0.25, 0.3) is 21.8 Å². The van der Waals surface area contributed by atoms with Crippen molar-refractivity contribution in [2.45, 2.75) is 0 Å². The van der Waals surface area contributed by atoms with Crippen molar-refractivity contribution < 1.29 is 5.11 Å². The van der Waals surface area contributed by atoms with Crippen LogP contribution in [0.5, 0.6) is 5.75 Å². The van der Waals surface area contributed by atoms with E-state index >= 15 is 0 Å². The Balaban J connectivity index is 2.04. The number of phenols is 1. The number of aromatic hydroxyl groups is 1. The first-order chi connectivity index (χ1) is 9.65. The molecule has 0 aliphatic carbocycles. The highest BCUT2D eigenvalue weighted by molar-refractivity contribution is 7.13. The lowest BCUT2D eigenvalue weighted by atomic mass is 10.2. The predicted octanol–water partition coefficient (Wildman–Crippen LogP) is 5.49. The summed E-state index contributed by atoms with van der Waals surface area (Å²) in [6, 6.07) is 12.5. The molecule has 0 fully saturated rings. The van der Waals surface area contributed by atoms with Crippen LogP contribution >= 0.6 is 34.5 Å². The number of aromatic nitrogens is 1. The van der Waals surface area contributed by atoms with Crippen LogP contribution in [0.1, 0.15) is 0 Å². The van der Waals surface area contributed by atoms with E-state index < -0.39 is 0 Å². The third kappa shape index (κ3) is 2.52. The van der Waals surface area contributed by atoms with Crippen LogP contribution in [0.15, 0.2) is 47.8 Å². The molecule has 1 heterocycles. The molecule has 20 heavy (non-hydrogen) atoms. The van der Waals surface area contributed by atoms with Crippen molar-refractivity contribution in [1.29, 1.82) is 0 Å². The second kappa shape index (κ2) is 5.44. The maximum Gasteiger partial charge on any atom is 0.124 e. The molecule has 2 nitrogen and oxygen atoms in total. The van der Waals surface area contributed by atoms with E-state index in [4.69, 9.17) is 23.2 Å². The highest BCUT2D eigenvalue weighted by Crippen LogP contribution is 2.36. The predicted molar refractivity (Wildman–Crippen MR) is 84.7 cm³/mol. The molecule has 1 N–H and O–H groups in total. The van der Waals surface area contributed by atoms with Gasteiger partial charge in [-0.3, -0.25) is 0 Å². The molecule has 3 aromatic rings. The molecule has 100 valence electrons. The van der Waals surface area contributed by atoms with Crippen LogP contribution in [-0.4, -0.2) is 10.1 Å². The minimum absolute atomic E-state index is 0.222. The molecule has 2 aromatic carbocycles. The largest absolute Gasteiger partial charge is 0.508 e. The van der Waals surface area contributed by atoms with Crippen LogP contribution in [0.3, 0.4) is 0 Å². The van der Waals surface area contributed by atoms with E-state index in [1.807, 2.05) is 23.6 Å². The van der Waals surface area contributed by atoms with Gasteiger partial charge in [0.15, 0.2) is 0 Å². The number of thiazole rings is 1. The molecule has 0 aliphatic heterocycles. The maximum absolute atomic E-state index is 9.52. The molecule has 0 bridgehead atoms. The summed E-state index contributed by atoms with van der Waals surface area (Å²) in [6.07, 6.45) is 0. The third-order valence-electron chi connectivity index (χ3n) is 2.82. The van der Waals surface area contributed by atoms with Gasteiger partial charge in [-0.25, -0.2) is 4.98 Å². The van der Waals surface area contributed by atoms with Crippen molar-refractivity contribution in [2.75, 3.05) is 0 Å². The molecule has 0 aliphatic rings. The average molecular weight is 322 g/mol. The summed E-state index contributed by atoms with van der Waals surface area (Å²) >= 11 is 13.7. The van der Waals surface area contributed by atoms with Gasteiger partial charge in [0.2, 0.25) is 0 Å². The topological polar surface area (TPSA) is 33.1 Å². The Morgan fingerprint density at radius 3 is 2.65 bits per heavy atom. The minimum atomic E-state index is 0.222. The zero-order valence-electron chi connectivity index (χ0n) is 10.2. The molecule has 0 spiro atoms. The minimum Gasteiger partial charge on any atom is -0.508 e. The number of halogens is 2. The normalized spacial score (nSPS) is 10.7. The van der Waals surface area contributed by atoms with Gasteiger partial charge in [-0.1, -0.05) is 47.5 Å². The van der Waals surface area contributed by atoms with E-state index in [2.05, 4.69) is 4.98 Å². The van der Waals surface area contributed by atoms with Crippen LogP contribution in [-0.2, 0) is 0 Å². The lowest BCUT2D eigenvalue weighted by Gasteiger charge is -2.02.